The zero-order chi connectivity index (χ0) is 21.3. The van der Waals surface area contributed by atoms with Gasteiger partial charge in [-0.05, 0) is 62.9 Å². The van der Waals surface area contributed by atoms with Crippen molar-refractivity contribution < 1.29 is 9.21 Å². The largest absolute Gasteiger partial charge is 0.429 e. The van der Waals surface area contributed by atoms with Crippen LogP contribution < -0.4 is 10.2 Å². The van der Waals surface area contributed by atoms with Gasteiger partial charge in [0.15, 0.2) is 0 Å². The summed E-state index contributed by atoms with van der Waals surface area (Å²) in [7, 11) is 0. The summed E-state index contributed by atoms with van der Waals surface area (Å²) in [5.74, 6) is 0.619. The Hall–Kier alpha value is -3.48. The predicted molar refractivity (Wildman–Crippen MR) is 117 cm³/mol. The summed E-state index contributed by atoms with van der Waals surface area (Å²) in [5, 5.41) is 2.90. The molecule has 3 aromatic rings. The van der Waals surface area contributed by atoms with Crippen LogP contribution in [-0.4, -0.2) is 33.9 Å². The van der Waals surface area contributed by atoms with E-state index in [2.05, 4.69) is 32.1 Å². The normalized spacial score (nSPS) is 14.2. The average Bonchev–Trinajstić information content (AvgIpc) is 3.08. The smallest absolute Gasteiger partial charge is 0.297 e. The summed E-state index contributed by atoms with van der Waals surface area (Å²) in [5.41, 5.74) is 6.54. The van der Waals surface area contributed by atoms with Gasteiger partial charge in [-0.3, -0.25) is 4.79 Å². The van der Waals surface area contributed by atoms with E-state index in [0.717, 1.165) is 47.8 Å². The minimum absolute atomic E-state index is 0.239. The molecule has 1 amide bonds. The number of aromatic nitrogens is 3. The quantitative estimate of drug-likeness (QED) is 0.698. The topological polar surface area (TPSA) is 84.2 Å². The predicted octanol–water partition coefficient (Wildman–Crippen LogP) is 4.33. The average molecular weight is 403 g/mol. The molecule has 0 unspecified atom stereocenters. The van der Waals surface area contributed by atoms with Crippen molar-refractivity contribution in [1.29, 1.82) is 0 Å². The maximum atomic E-state index is 12.5. The summed E-state index contributed by atoms with van der Waals surface area (Å²) >= 11 is 0. The standard InChI is InChI=1S/C23H25N5O2/c1-14-9-10-28(23-26-16(3)17(4)30-23)12-20(14)18-5-7-19(8-6-18)27-22(29)21-15(2)11-24-13-25-21/h5-8,11,13H,9-10,12H2,1-4H3,(H,27,29). The molecule has 7 nitrogen and oxygen atoms in total. The minimum Gasteiger partial charge on any atom is -0.429 e. The molecule has 3 heterocycles. The maximum Gasteiger partial charge on any atom is 0.297 e. The Balaban J connectivity index is 1.50. The molecular formula is C23H25N5O2. The van der Waals surface area contributed by atoms with E-state index in [1.807, 2.05) is 45.0 Å². The van der Waals surface area contributed by atoms with Crippen LogP contribution in [0.1, 0.15) is 46.4 Å². The van der Waals surface area contributed by atoms with Gasteiger partial charge in [0.1, 0.15) is 17.8 Å². The number of carbonyl (C=O) groups excluding carboxylic acids is 1. The number of oxazole rings is 1. The van der Waals surface area contributed by atoms with E-state index in [4.69, 9.17) is 4.42 Å². The highest BCUT2D eigenvalue weighted by Gasteiger charge is 2.22. The third-order valence-electron chi connectivity index (χ3n) is 5.51. The molecule has 4 rings (SSSR count). The summed E-state index contributed by atoms with van der Waals surface area (Å²) in [6.45, 7) is 9.53. The summed E-state index contributed by atoms with van der Waals surface area (Å²) in [4.78, 5) is 27.2. The SMILES string of the molecule is CC1=C(c2ccc(NC(=O)c3ncncc3C)cc2)CN(c2nc(C)c(C)o2)CC1. The first kappa shape index (κ1) is 19.8. The highest BCUT2D eigenvalue weighted by Crippen LogP contribution is 2.30. The number of rotatable bonds is 4. The van der Waals surface area contributed by atoms with Gasteiger partial charge in [0.05, 0.1) is 5.69 Å². The number of nitrogens with zero attached hydrogens (tertiary/aromatic N) is 4. The number of nitrogens with one attached hydrogen (secondary N) is 1. The van der Waals surface area contributed by atoms with Crippen molar-refractivity contribution in [1.82, 2.24) is 15.0 Å². The van der Waals surface area contributed by atoms with E-state index in [1.54, 1.807) is 6.20 Å². The van der Waals surface area contributed by atoms with Gasteiger partial charge in [-0.2, -0.15) is 4.98 Å². The van der Waals surface area contributed by atoms with Crippen molar-refractivity contribution in [3.63, 3.8) is 0 Å². The van der Waals surface area contributed by atoms with E-state index in [1.165, 1.54) is 17.5 Å². The summed E-state index contributed by atoms with van der Waals surface area (Å²) in [6.07, 6.45) is 3.97. The van der Waals surface area contributed by atoms with E-state index in [0.29, 0.717) is 11.7 Å². The molecule has 0 spiro atoms. The van der Waals surface area contributed by atoms with Crippen LogP contribution in [0.4, 0.5) is 11.7 Å². The molecule has 154 valence electrons. The molecular weight excluding hydrogens is 378 g/mol. The van der Waals surface area contributed by atoms with Crippen LogP contribution >= 0.6 is 0 Å². The lowest BCUT2D eigenvalue weighted by atomic mass is 9.95. The highest BCUT2D eigenvalue weighted by atomic mass is 16.4. The van der Waals surface area contributed by atoms with Crippen LogP contribution in [0.5, 0.6) is 0 Å². The van der Waals surface area contributed by atoms with E-state index < -0.39 is 0 Å². The fraction of sp³-hybridized carbons (Fsp3) is 0.304. The first-order chi connectivity index (χ1) is 14.4. The molecule has 0 radical (unpaired) electrons. The van der Waals surface area contributed by atoms with Crippen LogP contribution in [0.15, 0.2) is 46.8 Å². The van der Waals surface area contributed by atoms with Crippen LogP contribution in [0.3, 0.4) is 0 Å². The molecule has 30 heavy (non-hydrogen) atoms. The molecule has 0 atom stereocenters. The monoisotopic (exact) mass is 403 g/mol. The number of amides is 1. The van der Waals surface area contributed by atoms with Gasteiger partial charge in [0.25, 0.3) is 11.9 Å². The summed E-state index contributed by atoms with van der Waals surface area (Å²) < 4.78 is 5.82. The van der Waals surface area contributed by atoms with Gasteiger partial charge in [-0.1, -0.05) is 17.7 Å². The summed E-state index contributed by atoms with van der Waals surface area (Å²) in [6, 6.07) is 8.59. The van der Waals surface area contributed by atoms with Crippen LogP contribution in [0.25, 0.3) is 5.57 Å². The van der Waals surface area contributed by atoms with E-state index >= 15 is 0 Å². The van der Waals surface area contributed by atoms with Crippen molar-refractivity contribution in [3.05, 3.63) is 70.6 Å². The fourth-order valence-corrected chi connectivity index (χ4v) is 3.53. The van der Waals surface area contributed by atoms with Crippen molar-refractivity contribution in [3.8, 4) is 0 Å². The molecule has 0 saturated carbocycles. The zero-order valence-electron chi connectivity index (χ0n) is 17.7. The first-order valence-corrected chi connectivity index (χ1v) is 9.98. The van der Waals surface area contributed by atoms with Gasteiger partial charge in [-0.25, -0.2) is 9.97 Å². The second-order valence-corrected chi connectivity index (χ2v) is 7.65. The van der Waals surface area contributed by atoms with Crippen molar-refractivity contribution in [2.75, 3.05) is 23.3 Å². The van der Waals surface area contributed by atoms with E-state index in [9.17, 15) is 4.79 Å². The number of benzene rings is 1. The van der Waals surface area contributed by atoms with Gasteiger partial charge in [0.2, 0.25) is 0 Å². The third-order valence-corrected chi connectivity index (χ3v) is 5.51. The lowest BCUT2D eigenvalue weighted by Gasteiger charge is -2.29. The van der Waals surface area contributed by atoms with Gasteiger partial charge in [0, 0.05) is 25.0 Å². The lowest BCUT2D eigenvalue weighted by Crippen LogP contribution is -2.31. The molecule has 0 bridgehead atoms. The molecule has 0 fully saturated rings. The Bertz CT molecular complexity index is 1100. The zero-order valence-corrected chi connectivity index (χ0v) is 17.7. The lowest BCUT2D eigenvalue weighted by molar-refractivity contribution is 0.102. The molecule has 7 heteroatoms. The van der Waals surface area contributed by atoms with Crippen molar-refractivity contribution in [2.24, 2.45) is 0 Å². The Morgan fingerprint density at radius 2 is 1.90 bits per heavy atom. The van der Waals surface area contributed by atoms with Gasteiger partial charge in [-0.15, -0.1) is 0 Å². The Morgan fingerprint density at radius 3 is 2.57 bits per heavy atom. The number of carbonyl (C=O) groups is 1. The minimum atomic E-state index is -0.239. The molecule has 1 N–H and O–H groups in total. The van der Waals surface area contributed by atoms with E-state index in [-0.39, 0.29) is 5.91 Å². The van der Waals surface area contributed by atoms with Gasteiger partial charge < -0.3 is 14.6 Å². The molecule has 0 aliphatic carbocycles. The van der Waals surface area contributed by atoms with Gasteiger partial charge >= 0.3 is 0 Å². The van der Waals surface area contributed by atoms with Crippen LogP contribution in [-0.2, 0) is 0 Å². The molecule has 1 aliphatic rings. The molecule has 0 saturated heterocycles. The number of hydrogen-bond donors (Lipinski definition) is 1. The second-order valence-electron chi connectivity index (χ2n) is 7.65. The number of anilines is 2. The van der Waals surface area contributed by atoms with Crippen LogP contribution in [0.2, 0.25) is 0 Å². The molecule has 2 aromatic heterocycles. The molecule has 1 aromatic carbocycles. The third kappa shape index (κ3) is 3.96. The van der Waals surface area contributed by atoms with Crippen molar-refractivity contribution >= 4 is 23.2 Å². The maximum absolute atomic E-state index is 12.5. The Morgan fingerprint density at radius 1 is 1.13 bits per heavy atom. The second kappa shape index (κ2) is 8.10. The Kier molecular flexibility index (Phi) is 5.35. The highest BCUT2D eigenvalue weighted by molar-refractivity contribution is 6.03. The van der Waals surface area contributed by atoms with Crippen molar-refractivity contribution in [2.45, 2.75) is 34.1 Å². The molecule has 1 aliphatic heterocycles. The number of hydrogen-bond acceptors (Lipinski definition) is 6. The first-order valence-electron chi connectivity index (χ1n) is 9.98. The van der Waals surface area contributed by atoms with Crippen LogP contribution in [0, 0.1) is 20.8 Å². The number of aryl methyl sites for hydroxylation is 3. The fourth-order valence-electron chi connectivity index (χ4n) is 3.53. The Labute approximate surface area is 175 Å².